The molecule has 1 aliphatic heterocycles. The maximum Gasteiger partial charge on any atom is 0.272 e. The minimum Gasteiger partial charge on any atom is -0.495 e. The number of nitrogens with two attached hydrogens (primary N) is 1. The van der Waals surface area contributed by atoms with Gasteiger partial charge in [-0.25, -0.2) is 14.6 Å². The summed E-state index contributed by atoms with van der Waals surface area (Å²) in [6.07, 6.45) is 3.47. The third-order valence-electron chi connectivity index (χ3n) is 8.00. The second kappa shape index (κ2) is 10.3. The van der Waals surface area contributed by atoms with E-state index in [0.29, 0.717) is 34.7 Å². The number of benzene rings is 2. The summed E-state index contributed by atoms with van der Waals surface area (Å²) in [5.74, 6) is 0.691. The van der Waals surface area contributed by atoms with Crippen LogP contribution in [0.1, 0.15) is 43.2 Å². The monoisotopic (exact) mass is 538 g/mol. The van der Waals surface area contributed by atoms with Crippen molar-refractivity contribution in [3.8, 4) is 17.0 Å². The smallest absolute Gasteiger partial charge is 0.272 e. The molecule has 3 N–H and O–H groups in total. The molecular formula is C30H34N8O2. The fourth-order valence-electron chi connectivity index (χ4n) is 5.73. The lowest BCUT2D eigenvalue weighted by Crippen LogP contribution is -2.39. The van der Waals surface area contributed by atoms with Gasteiger partial charge in [0, 0.05) is 42.6 Å². The van der Waals surface area contributed by atoms with Crippen molar-refractivity contribution in [2.75, 3.05) is 31.2 Å². The number of carbonyl (C=O) groups is 1. The van der Waals surface area contributed by atoms with Gasteiger partial charge in [-0.05, 0) is 51.0 Å². The van der Waals surface area contributed by atoms with E-state index >= 15 is 0 Å². The molecule has 1 saturated heterocycles. The molecule has 4 heterocycles. The zero-order valence-corrected chi connectivity index (χ0v) is 23.3. The van der Waals surface area contributed by atoms with E-state index in [-0.39, 0.29) is 11.9 Å². The molecule has 6 rings (SSSR count). The molecule has 2 aromatic carbocycles. The number of likely N-dealkylation sites (tertiary alicyclic amines) is 1. The lowest BCUT2D eigenvalue weighted by molar-refractivity contribution is 0.101. The summed E-state index contributed by atoms with van der Waals surface area (Å²) in [6.45, 7) is 6.49. The third-order valence-corrected chi connectivity index (χ3v) is 8.00. The Kier molecular flexibility index (Phi) is 6.63. The van der Waals surface area contributed by atoms with Crippen molar-refractivity contribution < 1.29 is 9.53 Å². The van der Waals surface area contributed by atoms with Crippen molar-refractivity contribution in [3.05, 3.63) is 60.6 Å². The first-order valence-corrected chi connectivity index (χ1v) is 13.6. The van der Waals surface area contributed by atoms with Gasteiger partial charge >= 0.3 is 0 Å². The molecule has 1 fully saturated rings. The molecule has 0 saturated carbocycles. The van der Waals surface area contributed by atoms with E-state index in [1.807, 2.05) is 64.8 Å². The Labute approximate surface area is 232 Å². The molecule has 0 spiro atoms. The second-order valence-corrected chi connectivity index (χ2v) is 10.6. The zero-order valence-electron chi connectivity index (χ0n) is 23.3. The summed E-state index contributed by atoms with van der Waals surface area (Å²) in [4.78, 5) is 24.6. The number of aromatic nitrogens is 5. The molecule has 5 aromatic rings. The van der Waals surface area contributed by atoms with Gasteiger partial charge in [-0.1, -0.05) is 24.3 Å². The summed E-state index contributed by atoms with van der Waals surface area (Å²) in [5.41, 5.74) is 10.7. The first-order valence-electron chi connectivity index (χ1n) is 13.6. The van der Waals surface area contributed by atoms with E-state index in [0.717, 1.165) is 53.4 Å². The van der Waals surface area contributed by atoms with Crippen LogP contribution in [0.2, 0.25) is 0 Å². The van der Waals surface area contributed by atoms with Crippen molar-refractivity contribution in [2.24, 2.45) is 7.05 Å². The highest BCUT2D eigenvalue weighted by atomic mass is 16.5. The third kappa shape index (κ3) is 4.44. The maximum atomic E-state index is 13.3. The zero-order chi connectivity index (χ0) is 28.0. The van der Waals surface area contributed by atoms with Crippen LogP contribution in [0.4, 0.5) is 11.5 Å². The summed E-state index contributed by atoms with van der Waals surface area (Å²) in [6, 6.07) is 16.2. The van der Waals surface area contributed by atoms with Crippen LogP contribution in [-0.2, 0) is 7.05 Å². The predicted molar refractivity (Wildman–Crippen MR) is 158 cm³/mol. The number of fused-ring (bicyclic) bond motifs is 2. The van der Waals surface area contributed by atoms with Crippen molar-refractivity contribution in [2.45, 2.75) is 38.8 Å². The summed E-state index contributed by atoms with van der Waals surface area (Å²) in [7, 11) is 3.47. The molecule has 0 bridgehead atoms. The predicted octanol–water partition coefficient (Wildman–Crippen LogP) is 4.87. The molecular weight excluding hydrogens is 504 g/mol. The molecule has 206 valence electrons. The van der Waals surface area contributed by atoms with Gasteiger partial charge in [0.1, 0.15) is 29.3 Å². The Balaban J connectivity index is 1.33. The standard InChI is InChI=1S/C30H34N8O2/c1-18(2)37-13-11-21(12-14-37)38-29-26(28(31)32-17-33-29)27(35-38)20-9-10-22(25(16-20)40-4)34-30(39)24-15-19-7-5-6-8-23(19)36(24)3/h5-10,15-18,21H,11-14H2,1-4H3,(H,34,39)(H2,31,32,33). The number of hydrogen-bond donors (Lipinski definition) is 2. The molecule has 0 atom stereocenters. The molecule has 40 heavy (non-hydrogen) atoms. The molecule has 10 heteroatoms. The van der Waals surface area contributed by atoms with Gasteiger partial charge in [0.25, 0.3) is 5.91 Å². The number of hydrogen-bond acceptors (Lipinski definition) is 7. The highest BCUT2D eigenvalue weighted by molar-refractivity contribution is 6.07. The van der Waals surface area contributed by atoms with Crippen LogP contribution < -0.4 is 15.8 Å². The molecule has 0 unspecified atom stereocenters. The summed E-state index contributed by atoms with van der Waals surface area (Å²) >= 11 is 0. The Morgan fingerprint density at radius 2 is 1.88 bits per heavy atom. The first-order chi connectivity index (χ1) is 19.4. The van der Waals surface area contributed by atoms with Crippen LogP contribution in [0, 0.1) is 0 Å². The van der Waals surface area contributed by atoms with Crippen LogP contribution in [0.15, 0.2) is 54.9 Å². The molecule has 0 radical (unpaired) electrons. The topological polar surface area (TPSA) is 116 Å². The Bertz CT molecular complexity index is 1710. The Morgan fingerprint density at radius 3 is 2.60 bits per heavy atom. The number of anilines is 2. The number of aryl methyl sites for hydroxylation is 1. The van der Waals surface area contributed by atoms with Crippen LogP contribution in [0.25, 0.3) is 33.2 Å². The van der Waals surface area contributed by atoms with Gasteiger partial charge in [-0.2, -0.15) is 5.10 Å². The number of piperidine rings is 1. The van der Waals surface area contributed by atoms with Crippen LogP contribution >= 0.6 is 0 Å². The van der Waals surface area contributed by atoms with Gasteiger partial charge < -0.3 is 25.3 Å². The number of ether oxygens (including phenoxy) is 1. The summed E-state index contributed by atoms with van der Waals surface area (Å²) < 4.78 is 9.61. The highest BCUT2D eigenvalue weighted by Gasteiger charge is 2.27. The van der Waals surface area contributed by atoms with Crippen molar-refractivity contribution in [1.29, 1.82) is 0 Å². The Hall–Kier alpha value is -4.44. The number of para-hydroxylation sites is 1. The van der Waals surface area contributed by atoms with Gasteiger partial charge in [0.15, 0.2) is 5.65 Å². The van der Waals surface area contributed by atoms with Gasteiger partial charge in [0.05, 0.1) is 24.2 Å². The average Bonchev–Trinajstić information content (AvgIpc) is 3.52. The average molecular weight is 539 g/mol. The Morgan fingerprint density at radius 1 is 1.10 bits per heavy atom. The largest absolute Gasteiger partial charge is 0.495 e. The molecule has 1 aliphatic rings. The fraction of sp³-hybridized carbons (Fsp3) is 0.333. The molecule has 0 aliphatic carbocycles. The number of methoxy groups -OCH3 is 1. The minimum absolute atomic E-state index is 0.218. The van der Waals surface area contributed by atoms with Gasteiger partial charge in [0.2, 0.25) is 0 Å². The number of nitrogen functional groups attached to an aromatic ring is 1. The lowest BCUT2D eigenvalue weighted by Gasteiger charge is -2.34. The van der Waals surface area contributed by atoms with E-state index in [4.69, 9.17) is 15.6 Å². The molecule has 1 amide bonds. The van der Waals surface area contributed by atoms with Crippen molar-refractivity contribution in [1.82, 2.24) is 29.2 Å². The van der Waals surface area contributed by atoms with Gasteiger partial charge in [-0.15, -0.1) is 0 Å². The van der Waals surface area contributed by atoms with E-state index < -0.39 is 0 Å². The quantitative estimate of drug-likeness (QED) is 0.317. The van der Waals surface area contributed by atoms with Crippen molar-refractivity contribution in [3.63, 3.8) is 0 Å². The maximum absolute atomic E-state index is 13.3. The SMILES string of the molecule is COc1cc(-c2nn(C3CCN(C(C)C)CC3)c3ncnc(N)c23)ccc1NC(=O)c1cc2ccccc2n1C. The normalized spacial score (nSPS) is 14.8. The lowest BCUT2D eigenvalue weighted by atomic mass is 10.0. The molecule has 10 nitrogen and oxygen atoms in total. The first kappa shape index (κ1) is 25.8. The second-order valence-electron chi connectivity index (χ2n) is 10.6. The number of amides is 1. The van der Waals surface area contributed by atoms with Crippen molar-refractivity contribution >= 4 is 39.3 Å². The van der Waals surface area contributed by atoms with Crippen LogP contribution in [0.5, 0.6) is 5.75 Å². The minimum atomic E-state index is -0.218. The number of nitrogens with one attached hydrogen (secondary N) is 1. The van der Waals surface area contributed by atoms with E-state index in [2.05, 4.69) is 34.0 Å². The highest BCUT2D eigenvalue weighted by Crippen LogP contribution is 2.37. The van der Waals surface area contributed by atoms with Crippen LogP contribution in [0.3, 0.4) is 0 Å². The number of nitrogens with zero attached hydrogens (tertiary/aromatic N) is 6. The summed E-state index contributed by atoms with van der Waals surface area (Å²) in [5, 5.41) is 9.78. The van der Waals surface area contributed by atoms with E-state index in [1.165, 1.54) is 6.33 Å². The van der Waals surface area contributed by atoms with Crippen LogP contribution in [-0.4, -0.2) is 61.4 Å². The number of rotatable bonds is 6. The van der Waals surface area contributed by atoms with E-state index in [1.54, 1.807) is 7.11 Å². The number of carbonyl (C=O) groups excluding carboxylic acids is 1. The fourth-order valence-corrected chi connectivity index (χ4v) is 5.73. The van der Waals surface area contributed by atoms with Gasteiger partial charge in [-0.3, -0.25) is 4.79 Å². The van der Waals surface area contributed by atoms with E-state index in [9.17, 15) is 4.79 Å². The molecule has 3 aromatic heterocycles.